The maximum absolute atomic E-state index is 4.98. The first kappa shape index (κ1) is 20.4. The molecular formula is C32H27N3. The van der Waals surface area contributed by atoms with Gasteiger partial charge < -0.3 is 5.32 Å². The lowest BCUT2D eigenvalue weighted by atomic mass is 9.61. The molecule has 1 N–H and O–H groups in total. The monoisotopic (exact) mass is 453 g/mol. The van der Waals surface area contributed by atoms with Gasteiger partial charge in [-0.25, -0.2) is 0 Å². The third kappa shape index (κ3) is 3.04. The van der Waals surface area contributed by atoms with E-state index < -0.39 is 0 Å². The average molecular weight is 454 g/mol. The van der Waals surface area contributed by atoms with Crippen LogP contribution >= 0.6 is 0 Å². The molecule has 3 heteroatoms. The summed E-state index contributed by atoms with van der Waals surface area (Å²) in [5, 5.41) is 3.43. The van der Waals surface area contributed by atoms with Crippen molar-refractivity contribution in [1.29, 1.82) is 0 Å². The van der Waals surface area contributed by atoms with Crippen molar-refractivity contribution in [1.82, 2.24) is 4.98 Å². The van der Waals surface area contributed by atoms with Gasteiger partial charge in [0.05, 0.1) is 22.5 Å². The summed E-state index contributed by atoms with van der Waals surface area (Å²) in [5.41, 5.74) is 12.8. The molecule has 0 saturated carbocycles. The Bertz CT molecular complexity index is 1500. The van der Waals surface area contributed by atoms with Crippen molar-refractivity contribution in [2.45, 2.75) is 37.5 Å². The number of aryl methyl sites for hydroxylation is 1. The van der Waals surface area contributed by atoms with Crippen LogP contribution in [0.4, 0.5) is 11.4 Å². The molecule has 3 aromatic carbocycles. The van der Waals surface area contributed by atoms with Gasteiger partial charge in [-0.05, 0) is 95.3 Å². The summed E-state index contributed by atoms with van der Waals surface area (Å²) in [6.45, 7) is 0. The Kier molecular flexibility index (Phi) is 4.70. The maximum atomic E-state index is 4.98. The lowest BCUT2D eigenvalue weighted by Gasteiger charge is -2.42. The van der Waals surface area contributed by atoms with Crippen LogP contribution in [0.15, 0.2) is 96.3 Å². The van der Waals surface area contributed by atoms with Crippen molar-refractivity contribution in [3.05, 3.63) is 125 Å². The minimum atomic E-state index is -0.338. The number of nitrogens with one attached hydrogen (secondary N) is 1. The molecule has 1 atom stereocenters. The predicted molar refractivity (Wildman–Crippen MR) is 144 cm³/mol. The van der Waals surface area contributed by atoms with E-state index in [2.05, 4.69) is 72.0 Å². The number of aliphatic imine (C=N–C) groups is 1. The van der Waals surface area contributed by atoms with E-state index >= 15 is 0 Å². The minimum Gasteiger partial charge on any atom is -0.360 e. The normalized spacial score (nSPS) is 19.5. The van der Waals surface area contributed by atoms with Gasteiger partial charge in [0.25, 0.3) is 0 Å². The first-order valence-electron chi connectivity index (χ1n) is 12.6. The summed E-state index contributed by atoms with van der Waals surface area (Å²) in [5.74, 6) is 0. The van der Waals surface area contributed by atoms with E-state index in [1.54, 1.807) is 0 Å². The van der Waals surface area contributed by atoms with Gasteiger partial charge in [-0.2, -0.15) is 0 Å². The largest absolute Gasteiger partial charge is 0.360 e. The topological polar surface area (TPSA) is 37.3 Å². The highest BCUT2D eigenvalue weighted by molar-refractivity contribution is 5.85. The average Bonchev–Trinajstić information content (AvgIpc) is 3.18. The van der Waals surface area contributed by atoms with E-state index in [0.29, 0.717) is 0 Å². The molecule has 1 aliphatic heterocycles. The molecular weight excluding hydrogens is 426 g/mol. The van der Waals surface area contributed by atoms with E-state index in [4.69, 9.17) is 9.98 Å². The second-order valence-corrected chi connectivity index (χ2v) is 9.73. The molecule has 35 heavy (non-hydrogen) atoms. The second-order valence-electron chi connectivity index (χ2n) is 9.73. The lowest BCUT2D eigenvalue weighted by molar-refractivity contribution is 0.484. The number of anilines is 1. The van der Waals surface area contributed by atoms with Crippen LogP contribution in [-0.2, 0) is 24.7 Å². The number of fused-ring (bicyclic) bond motifs is 6. The zero-order chi connectivity index (χ0) is 23.2. The first-order chi connectivity index (χ1) is 17.4. The highest BCUT2D eigenvalue weighted by Gasteiger charge is 2.44. The third-order valence-corrected chi connectivity index (χ3v) is 8.04. The third-order valence-electron chi connectivity index (χ3n) is 8.04. The van der Waals surface area contributed by atoms with E-state index in [1.807, 2.05) is 30.8 Å². The zero-order valence-electron chi connectivity index (χ0n) is 19.7. The summed E-state index contributed by atoms with van der Waals surface area (Å²) in [4.78, 5) is 9.90. The fourth-order valence-corrected chi connectivity index (χ4v) is 6.58. The molecule has 7 rings (SSSR count). The molecule has 0 saturated heterocycles. The van der Waals surface area contributed by atoms with Crippen LogP contribution in [0, 0.1) is 0 Å². The Labute approximate surface area is 206 Å². The number of hydrogen-bond donors (Lipinski definition) is 1. The first-order valence-corrected chi connectivity index (χ1v) is 12.6. The van der Waals surface area contributed by atoms with Gasteiger partial charge in [-0.3, -0.25) is 9.98 Å². The summed E-state index contributed by atoms with van der Waals surface area (Å²) >= 11 is 0. The van der Waals surface area contributed by atoms with Gasteiger partial charge in [0, 0.05) is 18.6 Å². The standard InChI is InChI=1S/C32H27N3/c1-2-9-23-22(8-1)14-15-25-24(23)16-17-27-26(25)10-6-18-32(27,30-13-3-4-19-34-30)28-11-5-12-29-31(28)35-21-7-20-33-29/h1-5,7-9,11-13,16-17,19-21,33H,6,10,14-15,18H2. The number of benzene rings is 3. The molecule has 170 valence electrons. The molecule has 4 aromatic rings. The summed E-state index contributed by atoms with van der Waals surface area (Å²) in [7, 11) is 0. The van der Waals surface area contributed by atoms with E-state index in [-0.39, 0.29) is 5.41 Å². The predicted octanol–water partition coefficient (Wildman–Crippen LogP) is 7.16. The van der Waals surface area contributed by atoms with Crippen LogP contribution in [0.5, 0.6) is 0 Å². The molecule has 3 aliphatic rings. The Morgan fingerprint density at radius 1 is 0.743 bits per heavy atom. The number of pyridine rings is 1. The fraction of sp³-hybridized carbons (Fsp3) is 0.188. The van der Waals surface area contributed by atoms with Crippen molar-refractivity contribution < 1.29 is 0 Å². The SMILES string of the molecule is C1=CNc2cccc(C3(c4ccccn4)CCCc4c3ccc3c4CCc4ccccc4-3)c2N=C1. The minimum absolute atomic E-state index is 0.338. The zero-order valence-corrected chi connectivity index (χ0v) is 19.7. The lowest BCUT2D eigenvalue weighted by Crippen LogP contribution is -2.35. The van der Waals surface area contributed by atoms with Crippen molar-refractivity contribution in [3.8, 4) is 11.1 Å². The molecule has 0 fully saturated rings. The van der Waals surface area contributed by atoms with Crippen molar-refractivity contribution in [2.75, 3.05) is 5.32 Å². The van der Waals surface area contributed by atoms with Gasteiger partial charge >= 0.3 is 0 Å². The van der Waals surface area contributed by atoms with Crippen LogP contribution in [0.3, 0.4) is 0 Å². The van der Waals surface area contributed by atoms with Gasteiger partial charge in [-0.1, -0.05) is 54.6 Å². The van der Waals surface area contributed by atoms with Crippen LogP contribution in [0.1, 0.15) is 46.4 Å². The van der Waals surface area contributed by atoms with Crippen LogP contribution in [0.25, 0.3) is 11.1 Å². The van der Waals surface area contributed by atoms with Crippen molar-refractivity contribution >= 4 is 17.6 Å². The van der Waals surface area contributed by atoms with Gasteiger partial charge in [-0.15, -0.1) is 0 Å². The van der Waals surface area contributed by atoms with Gasteiger partial charge in [0.15, 0.2) is 0 Å². The quantitative estimate of drug-likeness (QED) is 0.350. The Balaban J connectivity index is 1.53. The molecule has 2 aliphatic carbocycles. The van der Waals surface area contributed by atoms with Crippen molar-refractivity contribution in [2.24, 2.45) is 4.99 Å². The van der Waals surface area contributed by atoms with E-state index in [1.165, 1.54) is 38.9 Å². The maximum Gasteiger partial charge on any atom is 0.0909 e. The fourth-order valence-electron chi connectivity index (χ4n) is 6.58. The number of para-hydroxylation sites is 1. The molecule has 1 unspecified atom stereocenters. The Hall–Kier alpha value is -3.98. The van der Waals surface area contributed by atoms with E-state index in [0.717, 1.165) is 49.2 Å². The molecule has 0 radical (unpaired) electrons. The smallest absolute Gasteiger partial charge is 0.0909 e. The highest BCUT2D eigenvalue weighted by atomic mass is 14.9. The Morgan fingerprint density at radius 3 is 2.63 bits per heavy atom. The highest BCUT2D eigenvalue weighted by Crippen LogP contribution is 2.53. The molecule has 1 aromatic heterocycles. The van der Waals surface area contributed by atoms with Crippen LogP contribution in [0.2, 0.25) is 0 Å². The summed E-state index contributed by atoms with van der Waals surface area (Å²) in [6, 6.07) is 26.6. The van der Waals surface area contributed by atoms with Gasteiger partial charge in [0.1, 0.15) is 0 Å². The number of rotatable bonds is 2. The van der Waals surface area contributed by atoms with Crippen LogP contribution in [-0.4, -0.2) is 11.2 Å². The van der Waals surface area contributed by atoms with Crippen molar-refractivity contribution in [3.63, 3.8) is 0 Å². The molecule has 3 nitrogen and oxygen atoms in total. The summed E-state index contributed by atoms with van der Waals surface area (Å²) < 4.78 is 0. The molecule has 2 heterocycles. The van der Waals surface area contributed by atoms with Gasteiger partial charge in [0.2, 0.25) is 0 Å². The van der Waals surface area contributed by atoms with E-state index in [9.17, 15) is 0 Å². The number of hydrogen-bond acceptors (Lipinski definition) is 3. The molecule has 0 bridgehead atoms. The van der Waals surface area contributed by atoms with Crippen LogP contribution < -0.4 is 5.32 Å². The summed E-state index contributed by atoms with van der Waals surface area (Å²) in [6.07, 6.45) is 13.2. The number of allylic oxidation sites excluding steroid dienone is 1. The molecule has 0 spiro atoms. The molecule has 0 amide bonds. The second kappa shape index (κ2) is 8.06. The number of nitrogens with zero attached hydrogens (tertiary/aromatic N) is 2. The Morgan fingerprint density at radius 2 is 1.69 bits per heavy atom. The number of aromatic nitrogens is 1.